The Kier molecular flexibility index (Phi) is 4.98. The summed E-state index contributed by atoms with van der Waals surface area (Å²) in [6, 6.07) is 13.5. The zero-order valence-electron chi connectivity index (χ0n) is 16.5. The van der Waals surface area contributed by atoms with E-state index in [4.69, 9.17) is 9.47 Å². The van der Waals surface area contributed by atoms with Gasteiger partial charge in [0, 0.05) is 29.4 Å². The number of nitrogens with one attached hydrogen (secondary N) is 2. The number of aromatic nitrogens is 1. The van der Waals surface area contributed by atoms with Crippen molar-refractivity contribution >= 4 is 22.5 Å². The van der Waals surface area contributed by atoms with Crippen LogP contribution in [-0.2, 0) is 17.6 Å². The second-order valence-electron chi connectivity index (χ2n) is 7.95. The molecule has 1 atom stereocenters. The number of amides is 1. The van der Waals surface area contributed by atoms with Crippen LogP contribution in [0.15, 0.2) is 42.5 Å². The van der Waals surface area contributed by atoms with Crippen LogP contribution in [0.1, 0.15) is 47.3 Å². The predicted molar refractivity (Wildman–Crippen MR) is 114 cm³/mol. The minimum atomic E-state index is -0.106. The SMILES string of the molecule is O=C(Nc1cccc(OCC2CCCO2)c1)c1cccc2c3c([nH]c12)CCCC3. The van der Waals surface area contributed by atoms with E-state index in [-0.39, 0.29) is 12.0 Å². The molecule has 0 radical (unpaired) electrons. The van der Waals surface area contributed by atoms with Crippen molar-refractivity contribution in [2.75, 3.05) is 18.5 Å². The van der Waals surface area contributed by atoms with Gasteiger partial charge in [-0.05, 0) is 62.3 Å². The fourth-order valence-corrected chi connectivity index (χ4v) is 4.45. The highest BCUT2D eigenvalue weighted by Crippen LogP contribution is 2.31. The first kappa shape index (κ1) is 18.3. The first-order chi connectivity index (χ1) is 14.3. The maximum absolute atomic E-state index is 13.0. The van der Waals surface area contributed by atoms with Crippen molar-refractivity contribution in [2.24, 2.45) is 0 Å². The summed E-state index contributed by atoms with van der Waals surface area (Å²) in [4.78, 5) is 16.5. The summed E-state index contributed by atoms with van der Waals surface area (Å²) in [6.45, 7) is 1.36. The maximum Gasteiger partial charge on any atom is 0.257 e. The van der Waals surface area contributed by atoms with Crippen LogP contribution < -0.4 is 10.1 Å². The highest BCUT2D eigenvalue weighted by atomic mass is 16.5. The molecule has 1 aliphatic heterocycles. The van der Waals surface area contributed by atoms with Gasteiger partial charge >= 0.3 is 0 Å². The van der Waals surface area contributed by atoms with Gasteiger partial charge in [0.05, 0.1) is 17.2 Å². The Morgan fingerprint density at radius 1 is 1.14 bits per heavy atom. The molecule has 1 aliphatic carbocycles. The van der Waals surface area contributed by atoms with Crippen LogP contribution in [0.5, 0.6) is 5.75 Å². The number of hydrogen-bond acceptors (Lipinski definition) is 3. The number of H-pyrrole nitrogens is 1. The Morgan fingerprint density at radius 3 is 2.93 bits per heavy atom. The predicted octanol–water partition coefficient (Wildman–Crippen LogP) is 4.86. The van der Waals surface area contributed by atoms with Crippen LogP contribution in [-0.4, -0.2) is 30.2 Å². The van der Waals surface area contributed by atoms with E-state index in [0.717, 1.165) is 49.2 Å². The number of hydrogen-bond donors (Lipinski definition) is 2. The Labute approximate surface area is 170 Å². The van der Waals surface area contributed by atoms with Gasteiger partial charge in [-0.15, -0.1) is 0 Å². The lowest BCUT2D eigenvalue weighted by Gasteiger charge is -2.13. The number of anilines is 1. The van der Waals surface area contributed by atoms with Gasteiger partial charge < -0.3 is 19.8 Å². The molecular formula is C24H26N2O3. The molecule has 1 unspecified atom stereocenters. The lowest BCUT2D eigenvalue weighted by Crippen LogP contribution is -2.16. The van der Waals surface area contributed by atoms with Crippen LogP contribution in [0.25, 0.3) is 10.9 Å². The van der Waals surface area contributed by atoms with Gasteiger partial charge in [-0.3, -0.25) is 4.79 Å². The molecule has 5 nitrogen and oxygen atoms in total. The first-order valence-electron chi connectivity index (χ1n) is 10.6. The molecule has 150 valence electrons. The Morgan fingerprint density at radius 2 is 2.03 bits per heavy atom. The molecule has 5 rings (SSSR count). The topological polar surface area (TPSA) is 63.4 Å². The molecule has 1 saturated heterocycles. The van der Waals surface area contributed by atoms with Gasteiger partial charge in [-0.2, -0.15) is 0 Å². The van der Waals surface area contributed by atoms with Gasteiger partial charge in [-0.1, -0.05) is 18.2 Å². The Bertz CT molecular complexity index is 1030. The normalized spacial score (nSPS) is 18.6. The van der Waals surface area contributed by atoms with Gasteiger partial charge in [-0.25, -0.2) is 0 Å². The summed E-state index contributed by atoms with van der Waals surface area (Å²) in [5, 5.41) is 4.21. The minimum Gasteiger partial charge on any atom is -0.491 e. The molecule has 29 heavy (non-hydrogen) atoms. The van der Waals surface area contributed by atoms with Crippen LogP contribution in [0.3, 0.4) is 0 Å². The van der Waals surface area contributed by atoms with E-state index in [0.29, 0.717) is 12.2 Å². The molecule has 2 heterocycles. The molecule has 5 heteroatoms. The molecule has 2 aromatic carbocycles. The third-order valence-electron chi connectivity index (χ3n) is 5.93. The van der Waals surface area contributed by atoms with Crippen molar-refractivity contribution in [1.82, 2.24) is 4.98 Å². The largest absolute Gasteiger partial charge is 0.491 e. The fraction of sp³-hybridized carbons (Fsp3) is 0.375. The van der Waals surface area contributed by atoms with Crippen LogP contribution in [0.2, 0.25) is 0 Å². The molecule has 1 aromatic heterocycles. The van der Waals surface area contributed by atoms with Gasteiger partial charge in [0.15, 0.2) is 0 Å². The van der Waals surface area contributed by atoms with E-state index in [1.807, 2.05) is 36.4 Å². The number of ether oxygens (including phenoxy) is 2. The molecule has 2 N–H and O–H groups in total. The number of rotatable bonds is 5. The van der Waals surface area contributed by atoms with Crippen molar-refractivity contribution in [3.8, 4) is 5.75 Å². The van der Waals surface area contributed by atoms with Gasteiger partial charge in [0.2, 0.25) is 0 Å². The monoisotopic (exact) mass is 390 g/mol. The third kappa shape index (κ3) is 3.75. The van der Waals surface area contributed by atoms with Gasteiger partial charge in [0.1, 0.15) is 12.4 Å². The zero-order chi connectivity index (χ0) is 19.6. The summed E-state index contributed by atoms with van der Waals surface area (Å²) in [5.74, 6) is 0.636. The lowest BCUT2D eigenvalue weighted by molar-refractivity contribution is 0.0680. The molecule has 1 amide bonds. The van der Waals surface area contributed by atoms with Crippen molar-refractivity contribution in [2.45, 2.75) is 44.6 Å². The van der Waals surface area contributed by atoms with Crippen LogP contribution >= 0.6 is 0 Å². The number of fused-ring (bicyclic) bond motifs is 3. The summed E-state index contributed by atoms with van der Waals surface area (Å²) in [5.41, 5.74) is 5.03. The maximum atomic E-state index is 13.0. The van der Waals surface area contributed by atoms with Crippen LogP contribution in [0.4, 0.5) is 5.69 Å². The molecular weight excluding hydrogens is 364 g/mol. The molecule has 0 bridgehead atoms. The van der Waals surface area contributed by atoms with E-state index >= 15 is 0 Å². The molecule has 0 spiro atoms. The molecule has 2 aliphatic rings. The van der Waals surface area contributed by atoms with E-state index in [1.165, 1.54) is 29.5 Å². The highest BCUT2D eigenvalue weighted by molar-refractivity contribution is 6.12. The summed E-state index contributed by atoms with van der Waals surface area (Å²) < 4.78 is 11.5. The number of para-hydroxylation sites is 1. The number of benzene rings is 2. The number of carbonyl (C=O) groups is 1. The number of aryl methyl sites for hydroxylation is 2. The highest BCUT2D eigenvalue weighted by Gasteiger charge is 2.20. The second-order valence-corrected chi connectivity index (χ2v) is 7.95. The van der Waals surface area contributed by atoms with E-state index in [2.05, 4.69) is 16.4 Å². The second kappa shape index (κ2) is 7.91. The quantitative estimate of drug-likeness (QED) is 0.654. The van der Waals surface area contributed by atoms with Crippen molar-refractivity contribution < 1.29 is 14.3 Å². The van der Waals surface area contributed by atoms with Crippen molar-refractivity contribution in [1.29, 1.82) is 0 Å². The van der Waals surface area contributed by atoms with E-state index < -0.39 is 0 Å². The first-order valence-corrected chi connectivity index (χ1v) is 10.6. The molecule has 1 fully saturated rings. The molecule has 3 aromatic rings. The summed E-state index contributed by atoms with van der Waals surface area (Å²) in [6.07, 6.45) is 6.89. The third-order valence-corrected chi connectivity index (χ3v) is 5.93. The summed E-state index contributed by atoms with van der Waals surface area (Å²) in [7, 11) is 0. The van der Waals surface area contributed by atoms with Crippen molar-refractivity contribution in [3.05, 3.63) is 59.3 Å². The fourth-order valence-electron chi connectivity index (χ4n) is 4.45. The van der Waals surface area contributed by atoms with E-state index in [9.17, 15) is 4.79 Å². The minimum absolute atomic E-state index is 0.106. The average Bonchev–Trinajstić information content (AvgIpc) is 3.40. The smallest absolute Gasteiger partial charge is 0.257 e. The van der Waals surface area contributed by atoms with Gasteiger partial charge in [0.25, 0.3) is 5.91 Å². The zero-order valence-corrected chi connectivity index (χ0v) is 16.5. The standard InChI is InChI=1S/C24H26N2O3/c27-24(21-11-4-10-20-19-9-1-2-12-22(19)26-23(20)21)25-16-6-3-7-17(14-16)29-15-18-8-5-13-28-18/h3-4,6-7,10-11,14,18,26H,1-2,5,8-9,12-13,15H2,(H,25,27). The summed E-state index contributed by atoms with van der Waals surface area (Å²) >= 11 is 0. The molecule has 0 saturated carbocycles. The number of aromatic amines is 1. The Balaban J connectivity index is 1.34. The lowest BCUT2D eigenvalue weighted by atomic mass is 9.95. The van der Waals surface area contributed by atoms with Crippen molar-refractivity contribution in [3.63, 3.8) is 0 Å². The van der Waals surface area contributed by atoms with Crippen LogP contribution in [0, 0.1) is 0 Å². The average molecular weight is 390 g/mol. The van der Waals surface area contributed by atoms with E-state index in [1.54, 1.807) is 0 Å². The number of carbonyl (C=O) groups excluding carboxylic acids is 1. The Hall–Kier alpha value is -2.79.